The van der Waals surface area contributed by atoms with Crippen molar-refractivity contribution >= 4 is 45.9 Å². The first kappa shape index (κ1) is 12.9. The summed E-state index contributed by atoms with van der Waals surface area (Å²) in [5, 5.41) is 3.86. The van der Waals surface area contributed by atoms with Crippen LogP contribution in [0.2, 0.25) is 10.0 Å². The lowest BCUT2D eigenvalue weighted by molar-refractivity contribution is 1.22. The van der Waals surface area contributed by atoms with E-state index in [9.17, 15) is 0 Å². The number of hydrogen-bond acceptors (Lipinski definition) is 4. The van der Waals surface area contributed by atoms with Gasteiger partial charge in [-0.25, -0.2) is 9.97 Å². The topological polar surface area (TPSA) is 76.2 Å². The van der Waals surface area contributed by atoms with Crippen LogP contribution in [0.25, 0.3) is 11.0 Å². The number of anilines is 1. The molecule has 18 heavy (non-hydrogen) atoms. The number of fused-ring (bicyclic) bond motifs is 1. The minimum Gasteiger partial charge on any atom is -0.382 e. The Hall–Kier alpha value is -1.59. The second kappa shape index (κ2) is 4.96. The molecule has 0 spiro atoms. The molecule has 5 nitrogen and oxygen atoms in total. The number of nitrogens with zero attached hydrogens (tertiary/aromatic N) is 3. The van der Waals surface area contributed by atoms with E-state index in [-0.39, 0.29) is 5.84 Å². The number of benzene rings is 1. The van der Waals surface area contributed by atoms with Crippen LogP contribution in [0, 0.1) is 0 Å². The number of aliphatic imine (C=N–C) groups is 1. The highest BCUT2D eigenvalue weighted by molar-refractivity contribution is 6.39. The molecule has 7 heteroatoms. The van der Waals surface area contributed by atoms with E-state index in [2.05, 4.69) is 20.3 Å². The Bertz CT molecular complexity index is 639. The lowest BCUT2D eigenvalue weighted by atomic mass is 10.2. The zero-order chi connectivity index (χ0) is 13.3. The fraction of sp³-hybridized carbons (Fsp3) is 0.182. The number of aromatic nitrogens is 2. The van der Waals surface area contributed by atoms with Gasteiger partial charge in [0.25, 0.3) is 0 Å². The van der Waals surface area contributed by atoms with Crippen LogP contribution < -0.4 is 11.1 Å². The molecule has 0 amide bonds. The molecule has 2 rings (SSSR count). The number of nitrogens with one attached hydrogen (secondary N) is 1. The maximum absolute atomic E-state index is 6.08. The van der Waals surface area contributed by atoms with Crippen molar-refractivity contribution in [1.82, 2.24) is 9.97 Å². The first-order valence-corrected chi connectivity index (χ1v) is 5.90. The second-order valence-corrected chi connectivity index (χ2v) is 4.32. The molecule has 2 aromatic rings. The molecule has 0 saturated heterocycles. The van der Waals surface area contributed by atoms with Crippen molar-refractivity contribution in [1.29, 1.82) is 0 Å². The Kier molecular flexibility index (Phi) is 3.54. The van der Waals surface area contributed by atoms with Crippen molar-refractivity contribution in [3.05, 3.63) is 27.9 Å². The Morgan fingerprint density at radius 2 is 1.78 bits per heavy atom. The summed E-state index contributed by atoms with van der Waals surface area (Å²) in [6.45, 7) is 0. The lowest BCUT2D eigenvalue weighted by Gasteiger charge is -2.10. The highest BCUT2D eigenvalue weighted by Crippen LogP contribution is 2.28. The standard InChI is InChI=1S/C11H11Cl2N5/c1-15-10(14)9-11(16-2)18-8-6(13)4-3-5(12)7(8)17-9/h3-4H,1-2H3,(H2,14,15)(H,16,18). The van der Waals surface area contributed by atoms with Crippen LogP contribution in [0.15, 0.2) is 17.1 Å². The molecular formula is C11H11Cl2N5. The largest absolute Gasteiger partial charge is 0.382 e. The van der Waals surface area contributed by atoms with Gasteiger partial charge in [-0.3, -0.25) is 4.99 Å². The zero-order valence-corrected chi connectivity index (χ0v) is 11.3. The average molecular weight is 284 g/mol. The SMILES string of the molecule is CN=C(N)c1nc2c(Cl)ccc(Cl)c2nc1NC. The molecule has 94 valence electrons. The molecule has 1 heterocycles. The minimum atomic E-state index is 0.282. The minimum absolute atomic E-state index is 0.282. The molecule has 0 aliphatic carbocycles. The van der Waals surface area contributed by atoms with Crippen LogP contribution in [0.1, 0.15) is 5.69 Å². The maximum atomic E-state index is 6.08. The van der Waals surface area contributed by atoms with E-state index in [1.165, 1.54) is 0 Å². The molecular weight excluding hydrogens is 273 g/mol. The van der Waals surface area contributed by atoms with E-state index in [1.807, 2.05) is 0 Å². The molecule has 3 N–H and O–H groups in total. The van der Waals surface area contributed by atoms with Crippen LogP contribution in [0.3, 0.4) is 0 Å². The Balaban J connectivity index is 2.85. The summed E-state index contributed by atoms with van der Waals surface area (Å²) in [5.74, 6) is 0.791. The Labute approximate surface area is 114 Å². The van der Waals surface area contributed by atoms with Gasteiger partial charge in [-0.2, -0.15) is 0 Å². The van der Waals surface area contributed by atoms with E-state index >= 15 is 0 Å². The number of halogens is 2. The highest BCUT2D eigenvalue weighted by Gasteiger charge is 2.14. The van der Waals surface area contributed by atoms with Crippen molar-refractivity contribution in [2.75, 3.05) is 19.4 Å². The normalized spacial score (nSPS) is 11.9. The first-order valence-electron chi connectivity index (χ1n) is 5.14. The zero-order valence-electron chi connectivity index (χ0n) is 9.83. The van der Waals surface area contributed by atoms with E-state index in [0.717, 1.165) is 0 Å². The molecule has 0 bridgehead atoms. The van der Waals surface area contributed by atoms with Gasteiger partial charge < -0.3 is 11.1 Å². The first-order chi connectivity index (χ1) is 8.58. The van der Waals surface area contributed by atoms with Crippen molar-refractivity contribution in [3.8, 4) is 0 Å². The van der Waals surface area contributed by atoms with Gasteiger partial charge in [0.1, 0.15) is 22.6 Å². The fourth-order valence-corrected chi connectivity index (χ4v) is 1.92. The van der Waals surface area contributed by atoms with E-state index in [0.29, 0.717) is 32.6 Å². The van der Waals surface area contributed by atoms with Crippen LogP contribution in [0.5, 0.6) is 0 Å². The summed E-state index contributed by atoms with van der Waals surface area (Å²) in [6, 6.07) is 3.35. The maximum Gasteiger partial charge on any atom is 0.156 e. The molecule has 0 aliphatic heterocycles. The summed E-state index contributed by atoms with van der Waals surface area (Å²) < 4.78 is 0. The number of nitrogens with two attached hydrogens (primary N) is 1. The van der Waals surface area contributed by atoms with Gasteiger partial charge >= 0.3 is 0 Å². The lowest BCUT2D eigenvalue weighted by Crippen LogP contribution is -2.18. The Morgan fingerprint density at radius 3 is 2.28 bits per heavy atom. The number of rotatable bonds is 2. The van der Waals surface area contributed by atoms with Crippen molar-refractivity contribution in [2.24, 2.45) is 10.7 Å². The predicted octanol–water partition coefficient (Wildman–Crippen LogP) is 2.31. The molecule has 0 unspecified atom stereocenters. The third kappa shape index (κ3) is 2.07. The summed E-state index contributed by atoms with van der Waals surface area (Å²) in [6.07, 6.45) is 0. The van der Waals surface area contributed by atoms with Crippen LogP contribution in [-0.2, 0) is 0 Å². The molecule has 0 atom stereocenters. The fourth-order valence-electron chi connectivity index (χ4n) is 1.53. The molecule has 0 aliphatic rings. The molecule has 1 aromatic heterocycles. The van der Waals surface area contributed by atoms with Crippen molar-refractivity contribution in [3.63, 3.8) is 0 Å². The van der Waals surface area contributed by atoms with Crippen molar-refractivity contribution in [2.45, 2.75) is 0 Å². The quantitative estimate of drug-likeness (QED) is 0.655. The molecule has 0 fully saturated rings. The van der Waals surface area contributed by atoms with E-state index in [1.54, 1.807) is 26.2 Å². The number of hydrogen-bond donors (Lipinski definition) is 2. The number of amidine groups is 1. The van der Waals surface area contributed by atoms with Gasteiger partial charge in [0.15, 0.2) is 5.82 Å². The monoisotopic (exact) mass is 283 g/mol. The molecule has 0 radical (unpaired) electrons. The van der Waals surface area contributed by atoms with Gasteiger partial charge in [0.05, 0.1) is 10.0 Å². The summed E-state index contributed by atoms with van der Waals surface area (Å²) in [7, 11) is 3.31. The summed E-state index contributed by atoms with van der Waals surface area (Å²) >= 11 is 12.2. The van der Waals surface area contributed by atoms with Gasteiger partial charge in [-0.05, 0) is 12.1 Å². The molecule has 0 saturated carbocycles. The predicted molar refractivity (Wildman–Crippen MR) is 75.8 cm³/mol. The van der Waals surface area contributed by atoms with E-state index in [4.69, 9.17) is 28.9 Å². The smallest absolute Gasteiger partial charge is 0.156 e. The van der Waals surface area contributed by atoms with Gasteiger partial charge in [0.2, 0.25) is 0 Å². The van der Waals surface area contributed by atoms with E-state index < -0.39 is 0 Å². The van der Waals surface area contributed by atoms with Gasteiger partial charge in [-0.15, -0.1) is 0 Å². The average Bonchev–Trinajstić information content (AvgIpc) is 2.40. The van der Waals surface area contributed by atoms with Gasteiger partial charge in [0, 0.05) is 14.1 Å². The van der Waals surface area contributed by atoms with Crippen molar-refractivity contribution < 1.29 is 0 Å². The Morgan fingerprint density at radius 1 is 1.22 bits per heavy atom. The van der Waals surface area contributed by atoms with Crippen LogP contribution in [-0.4, -0.2) is 29.9 Å². The second-order valence-electron chi connectivity index (χ2n) is 3.51. The van der Waals surface area contributed by atoms with Crippen LogP contribution >= 0.6 is 23.2 Å². The van der Waals surface area contributed by atoms with Crippen LogP contribution in [0.4, 0.5) is 5.82 Å². The third-order valence-corrected chi connectivity index (χ3v) is 3.05. The summed E-state index contributed by atoms with van der Waals surface area (Å²) in [4.78, 5) is 12.7. The van der Waals surface area contributed by atoms with Gasteiger partial charge in [-0.1, -0.05) is 23.2 Å². The summed E-state index contributed by atoms with van der Waals surface area (Å²) in [5.41, 5.74) is 7.27. The third-order valence-electron chi connectivity index (χ3n) is 2.44. The highest BCUT2D eigenvalue weighted by atomic mass is 35.5. The molecule has 1 aromatic carbocycles.